The number of aromatic amines is 1. The van der Waals surface area contributed by atoms with E-state index in [-0.39, 0.29) is 17.8 Å². The molecule has 1 saturated carbocycles. The molecule has 1 aromatic rings. The standard InChI is InChI=1S/C11H19N5O/c1-7-13-10(16-15-7)11(17)14-9-5-3-8(12-2)4-6-9/h8-9,12H,3-6H2,1-2H3,(H,14,17)(H,13,15,16). The second-order valence-electron chi connectivity index (χ2n) is 4.56. The molecule has 0 aromatic carbocycles. The molecule has 6 heteroatoms. The SMILES string of the molecule is CNC1CCC(NC(=O)c2n[nH]c(C)n2)CC1. The van der Waals surface area contributed by atoms with Crippen LogP contribution in [0.3, 0.4) is 0 Å². The van der Waals surface area contributed by atoms with E-state index in [0.717, 1.165) is 25.7 Å². The van der Waals surface area contributed by atoms with E-state index < -0.39 is 0 Å². The van der Waals surface area contributed by atoms with E-state index in [9.17, 15) is 4.79 Å². The van der Waals surface area contributed by atoms with Gasteiger partial charge in [-0.3, -0.25) is 9.89 Å². The zero-order valence-electron chi connectivity index (χ0n) is 10.3. The first-order valence-electron chi connectivity index (χ1n) is 6.06. The summed E-state index contributed by atoms with van der Waals surface area (Å²) >= 11 is 0. The van der Waals surface area contributed by atoms with Gasteiger partial charge in [-0.25, -0.2) is 4.98 Å². The number of aromatic nitrogens is 3. The zero-order chi connectivity index (χ0) is 12.3. The molecule has 1 aliphatic rings. The molecule has 0 aliphatic heterocycles. The number of carbonyl (C=O) groups excluding carboxylic acids is 1. The molecule has 0 radical (unpaired) electrons. The number of nitrogens with one attached hydrogen (secondary N) is 3. The second-order valence-corrected chi connectivity index (χ2v) is 4.56. The average molecular weight is 237 g/mol. The fourth-order valence-corrected chi connectivity index (χ4v) is 2.22. The largest absolute Gasteiger partial charge is 0.347 e. The van der Waals surface area contributed by atoms with Crippen molar-refractivity contribution in [2.75, 3.05) is 7.05 Å². The van der Waals surface area contributed by atoms with Crippen LogP contribution in [0, 0.1) is 6.92 Å². The molecule has 6 nitrogen and oxygen atoms in total. The normalized spacial score (nSPS) is 24.6. The maximum Gasteiger partial charge on any atom is 0.291 e. The fourth-order valence-electron chi connectivity index (χ4n) is 2.22. The monoisotopic (exact) mass is 237 g/mol. The van der Waals surface area contributed by atoms with Crippen LogP contribution >= 0.6 is 0 Å². The van der Waals surface area contributed by atoms with Gasteiger partial charge in [-0.2, -0.15) is 0 Å². The van der Waals surface area contributed by atoms with Gasteiger partial charge in [0, 0.05) is 12.1 Å². The van der Waals surface area contributed by atoms with Crippen LogP contribution < -0.4 is 10.6 Å². The maximum atomic E-state index is 11.8. The predicted molar refractivity (Wildman–Crippen MR) is 63.7 cm³/mol. The minimum Gasteiger partial charge on any atom is -0.347 e. The molecule has 1 fully saturated rings. The summed E-state index contributed by atoms with van der Waals surface area (Å²) in [7, 11) is 1.99. The Kier molecular flexibility index (Phi) is 3.73. The molecule has 1 heterocycles. The molecule has 0 atom stereocenters. The molecule has 3 N–H and O–H groups in total. The Labute approximate surface area is 101 Å². The van der Waals surface area contributed by atoms with Gasteiger partial charge < -0.3 is 10.6 Å². The number of nitrogens with zero attached hydrogens (tertiary/aromatic N) is 2. The van der Waals surface area contributed by atoms with Gasteiger partial charge in [0.1, 0.15) is 5.82 Å². The van der Waals surface area contributed by atoms with Crippen LogP contribution in [0.2, 0.25) is 0 Å². The molecule has 17 heavy (non-hydrogen) atoms. The van der Waals surface area contributed by atoms with E-state index in [1.54, 1.807) is 6.92 Å². The van der Waals surface area contributed by atoms with Crippen molar-refractivity contribution in [2.24, 2.45) is 0 Å². The highest BCUT2D eigenvalue weighted by molar-refractivity contribution is 5.90. The molecule has 1 aromatic heterocycles. The molecule has 1 amide bonds. The number of amides is 1. The van der Waals surface area contributed by atoms with E-state index >= 15 is 0 Å². The smallest absolute Gasteiger partial charge is 0.291 e. The fraction of sp³-hybridized carbons (Fsp3) is 0.727. The molecule has 0 saturated heterocycles. The van der Waals surface area contributed by atoms with E-state index in [2.05, 4.69) is 25.8 Å². The Hall–Kier alpha value is -1.43. The number of hydrogen-bond acceptors (Lipinski definition) is 4. The first kappa shape index (κ1) is 12.0. The summed E-state index contributed by atoms with van der Waals surface area (Å²) in [6, 6.07) is 0.847. The molecular weight excluding hydrogens is 218 g/mol. The summed E-state index contributed by atoms with van der Waals surface area (Å²) < 4.78 is 0. The number of aryl methyl sites for hydroxylation is 1. The second kappa shape index (κ2) is 5.27. The third kappa shape index (κ3) is 3.03. The van der Waals surface area contributed by atoms with Crippen LogP contribution in [0.15, 0.2) is 0 Å². The van der Waals surface area contributed by atoms with Gasteiger partial charge in [-0.15, -0.1) is 5.10 Å². The Morgan fingerprint density at radius 1 is 1.29 bits per heavy atom. The highest BCUT2D eigenvalue weighted by Crippen LogP contribution is 2.18. The summed E-state index contributed by atoms with van der Waals surface area (Å²) in [5.74, 6) is 0.717. The van der Waals surface area contributed by atoms with Gasteiger partial charge in [0.25, 0.3) is 5.91 Å². The molecule has 1 aliphatic carbocycles. The number of H-pyrrole nitrogens is 1. The van der Waals surface area contributed by atoms with Gasteiger partial charge in [0.15, 0.2) is 0 Å². The highest BCUT2D eigenvalue weighted by atomic mass is 16.2. The number of rotatable bonds is 3. The summed E-state index contributed by atoms with van der Waals surface area (Å²) in [5, 5.41) is 12.8. The quantitative estimate of drug-likeness (QED) is 0.709. The molecule has 2 rings (SSSR count). The predicted octanol–water partition coefficient (Wildman–Crippen LogP) is 0.374. The minimum atomic E-state index is -0.178. The lowest BCUT2D eigenvalue weighted by Gasteiger charge is -2.28. The minimum absolute atomic E-state index is 0.178. The summed E-state index contributed by atoms with van der Waals surface area (Å²) in [6.45, 7) is 1.78. The van der Waals surface area contributed by atoms with Crippen molar-refractivity contribution in [2.45, 2.75) is 44.7 Å². The Morgan fingerprint density at radius 3 is 2.47 bits per heavy atom. The van der Waals surface area contributed by atoms with E-state index in [0.29, 0.717) is 11.9 Å². The van der Waals surface area contributed by atoms with Crippen molar-refractivity contribution in [3.05, 3.63) is 11.6 Å². The van der Waals surface area contributed by atoms with E-state index in [1.165, 1.54) is 0 Å². The van der Waals surface area contributed by atoms with Crippen molar-refractivity contribution < 1.29 is 4.79 Å². The van der Waals surface area contributed by atoms with Crippen molar-refractivity contribution >= 4 is 5.91 Å². The van der Waals surface area contributed by atoms with Crippen LogP contribution in [-0.2, 0) is 0 Å². The maximum absolute atomic E-state index is 11.8. The lowest BCUT2D eigenvalue weighted by molar-refractivity contribution is 0.0914. The zero-order valence-corrected chi connectivity index (χ0v) is 10.3. The van der Waals surface area contributed by atoms with Crippen LogP contribution in [0.4, 0.5) is 0 Å². The molecular formula is C11H19N5O. The third-order valence-corrected chi connectivity index (χ3v) is 3.27. The first-order valence-corrected chi connectivity index (χ1v) is 6.06. The Morgan fingerprint density at radius 2 is 1.94 bits per heavy atom. The van der Waals surface area contributed by atoms with Gasteiger partial charge >= 0.3 is 0 Å². The third-order valence-electron chi connectivity index (χ3n) is 3.27. The summed E-state index contributed by atoms with van der Waals surface area (Å²) in [6.07, 6.45) is 4.24. The van der Waals surface area contributed by atoms with Gasteiger partial charge in [-0.1, -0.05) is 0 Å². The molecule has 0 spiro atoms. The Balaban J connectivity index is 1.84. The number of hydrogen-bond donors (Lipinski definition) is 3. The number of carbonyl (C=O) groups is 1. The van der Waals surface area contributed by atoms with Crippen LogP contribution in [0.5, 0.6) is 0 Å². The topological polar surface area (TPSA) is 82.7 Å². The van der Waals surface area contributed by atoms with E-state index in [4.69, 9.17) is 0 Å². The lowest BCUT2D eigenvalue weighted by Crippen LogP contribution is -2.41. The van der Waals surface area contributed by atoms with Gasteiger partial charge in [0.2, 0.25) is 5.82 Å². The van der Waals surface area contributed by atoms with Crippen molar-refractivity contribution in [1.29, 1.82) is 0 Å². The molecule has 0 unspecified atom stereocenters. The van der Waals surface area contributed by atoms with Crippen molar-refractivity contribution in [1.82, 2.24) is 25.8 Å². The first-order chi connectivity index (χ1) is 8.19. The van der Waals surface area contributed by atoms with E-state index in [1.807, 2.05) is 7.05 Å². The molecule has 94 valence electrons. The van der Waals surface area contributed by atoms with Gasteiger partial charge in [0.05, 0.1) is 0 Å². The summed E-state index contributed by atoms with van der Waals surface area (Å²) in [5.41, 5.74) is 0. The summed E-state index contributed by atoms with van der Waals surface area (Å²) in [4.78, 5) is 15.8. The molecule has 0 bridgehead atoms. The van der Waals surface area contributed by atoms with Crippen LogP contribution in [0.1, 0.15) is 42.1 Å². The van der Waals surface area contributed by atoms with Crippen LogP contribution in [-0.4, -0.2) is 40.2 Å². The average Bonchev–Trinajstić information content (AvgIpc) is 2.77. The van der Waals surface area contributed by atoms with Crippen LogP contribution in [0.25, 0.3) is 0 Å². The lowest BCUT2D eigenvalue weighted by atomic mass is 9.91. The highest BCUT2D eigenvalue weighted by Gasteiger charge is 2.22. The Bertz CT molecular complexity index is 381. The van der Waals surface area contributed by atoms with Crippen molar-refractivity contribution in [3.63, 3.8) is 0 Å². The van der Waals surface area contributed by atoms with Gasteiger partial charge in [-0.05, 0) is 39.7 Å². The van der Waals surface area contributed by atoms with Crippen molar-refractivity contribution in [3.8, 4) is 0 Å².